The summed E-state index contributed by atoms with van der Waals surface area (Å²) < 4.78 is 0. The third-order valence-corrected chi connectivity index (χ3v) is 1.88. The Morgan fingerprint density at radius 3 is 3.00 bits per heavy atom. The van der Waals surface area contributed by atoms with Gasteiger partial charge in [0.15, 0.2) is 0 Å². The van der Waals surface area contributed by atoms with Crippen LogP contribution in [0.2, 0.25) is 0 Å². The van der Waals surface area contributed by atoms with Crippen LogP contribution in [0.1, 0.15) is 12.0 Å². The van der Waals surface area contributed by atoms with Crippen molar-refractivity contribution < 1.29 is 9.90 Å². The van der Waals surface area contributed by atoms with Gasteiger partial charge in [-0.25, -0.2) is 0 Å². The summed E-state index contributed by atoms with van der Waals surface area (Å²) >= 11 is 0. The van der Waals surface area contributed by atoms with Crippen LogP contribution < -0.4 is 0 Å². The van der Waals surface area contributed by atoms with Gasteiger partial charge in [-0.15, -0.1) is 0 Å². The zero-order valence-corrected chi connectivity index (χ0v) is 8.18. The fraction of sp³-hybridized carbons (Fsp3) is 0.400. The summed E-state index contributed by atoms with van der Waals surface area (Å²) in [4.78, 5) is 16.3. The Balaban J connectivity index is 2.34. The molecule has 0 saturated carbocycles. The SMILES string of the molecule is CN(CCC(=O)O)Cc1cccnc1. The third kappa shape index (κ3) is 4.00. The van der Waals surface area contributed by atoms with E-state index in [4.69, 9.17) is 5.11 Å². The van der Waals surface area contributed by atoms with Gasteiger partial charge in [0.1, 0.15) is 0 Å². The second-order valence-electron chi connectivity index (χ2n) is 3.24. The number of carboxylic acids is 1. The first-order valence-corrected chi connectivity index (χ1v) is 4.47. The number of aliphatic carboxylic acids is 1. The monoisotopic (exact) mass is 194 g/mol. The summed E-state index contributed by atoms with van der Waals surface area (Å²) in [5.41, 5.74) is 1.10. The van der Waals surface area contributed by atoms with Crippen molar-refractivity contribution in [3.63, 3.8) is 0 Å². The molecule has 0 aromatic carbocycles. The van der Waals surface area contributed by atoms with Crippen LogP contribution in [0.5, 0.6) is 0 Å². The van der Waals surface area contributed by atoms with Crippen molar-refractivity contribution in [2.45, 2.75) is 13.0 Å². The maximum absolute atomic E-state index is 10.3. The fourth-order valence-corrected chi connectivity index (χ4v) is 1.17. The van der Waals surface area contributed by atoms with E-state index in [0.29, 0.717) is 6.54 Å². The van der Waals surface area contributed by atoms with Gasteiger partial charge in [-0.05, 0) is 18.7 Å². The zero-order valence-electron chi connectivity index (χ0n) is 8.18. The highest BCUT2D eigenvalue weighted by atomic mass is 16.4. The van der Waals surface area contributed by atoms with Gasteiger partial charge in [0.25, 0.3) is 0 Å². The van der Waals surface area contributed by atoms with Crippen molar-refractivity contribution in [1.29, 1.82) is 0 Å². The van der Waals surface area contributed by atoms with E-state index in [1.165, 1.54) is 0 Å². The normalized spacial score (nSPS) is 10.4. The highest BCUT2D eigenvalue weighted by Crippen LogP contribution is 2.00. The molecule has 0 unspecified atom stereocenters. The smallest absolute Gasteiger partial charge is 0.304 e. The van der Waals surface area contributed by atoms with E-state index in [1.54, 1.807) is 12.4 Å². The molecule has 4 nitrogen and oxygen atoms in total. The predicted molar refractivity (Wildman–Crippen MR) is 52.8 cm³/mol. The van der Waals surface area contributed by atoms with Crippen molar-refractivity contribution >= 4 is 5.97 Å². The molecular formula is C10H14N2O2. The van der Waals surface area contributed by atoms with Crippen LogP contribution in [-0.2, 0) is 11.3 Å². The Morgan fingerprint density at radius 2 is 2.43 bits per heavy atom. The molecule has 0 aliphatic rings. The molecule has 0 aliphatic heterocycles. The van der Waals surface area contributed by atoms with E-state index in [1.807, 2.05) is 24.1 Å². The third-order valence-electron chi connectivity index (χ3n) is 1.88. The van der Waals surface area contributed by atoms with Gasteiger partial charge in [-0.3, -0.25) is 9.78 Å². The van der Waals surface area contributed by atoms with Crippen LogP contribution in [-0.4, -0.2) is 34.6 Å². The molecule has 0 aliphatic carbocycles. The van der Waals surface area contributed by atoms with Crippen molar-refractivity contribution in [2.75, 3.05) is 13.6 Å². The summed E-state index contributed by atoms with van der Waals surface area (Å²) in [6.07, 6.45) is 3.69. The van der Waals surface area contributed by atoms with Crippen molar-refractivity contribution in [3.8, 4) is 0 Å². The molecule has 1 rings (SSSR count). The van der Waals surface area contributed by atoms with Crippen LogP contribution >= 0.6 is 0 Å². The predicted octanol–water partition coefficient (Wildman–Crippen LogP) is 0.988. The zero-order chi connectivity index (χ0) is 10.4. The summed E-state index contributed by atoms with van der Waals surface area (Å²) in [6, 6.07) is 3.85. The Labute approximate surface area is 83.2 Å². The minimum absolute atomic E-state index is 0.177. The quantitative estimate of drug-likeness (QED) is 0.759. The largest absolute Gasteiger partial charge is 0.481 e. The van der Waals surface area contributed by atoms with E-state index in [2.05, 4.69) is 4.98 Å². The highest BCUT2D eigenvalue weighted by Gasteiger charge is 2.02. The Hall–Kier alpha value is -1.42. The molecule has 4 heteroatoms. The summed E-state index contributed by atoms with van der Waals surface area (Å²) in [5.74, 6) is -0.761. The summed E-state index contributed by atoms with van der Waals surface area (Å²) in [5, 5.41) is 8.49. The number of hydrogen-bond donors (Lipinski definition) is 1. The topological polar surface area (TPSA) is 53.4 Å². The van der Waals surface area contributed by atoms with Crippen molar-refractivity contribution in [2.24, 2.45) is 0 Å². The van der Waals surface area contributed by atoms with E-state index < -0.39 is 5.97 Å². The Bertz CT molecular complexity index is 287. The first-order valence-electron chi connectivity index (χ1n) is 4.47. The molecule has 14 heavy (non-hydrogen) atoms. The molecule has 0 radical (unpaired) electrons. The minimum atomic E-state index is -0.761. The number of nitrogens with zero attached hydrogens (tertiary/aromatic N) is 2. The number of aromatic nitrogens is 1. The van der Waals surface area contributed by atoms with E-state index >= 15 is 0 Å². The molecule has 0 amide bonds. The second-order valence-corrected chi connectivity index (χ2v) is 3.24. The van der Waals surface area contributed by atoms with Gasteiger partial charge in [0.2, 0.25) is 0 Å². The van der Waals surface area contributed by atoms with Gasteiger partial charge in [0.05, 0.1) is 6.42 Å². The molecular weight excluding hydrogens is 180 g/mol. The van der Waals surface area contributed by atoms with Crippen molar-refractivity contribution in [3.05, 3.63) is 30.1 Å². The lowest BCUT2D eigenvalue weighted by atomic mass is 10.2. The van der Waals surface area contributed by atoms with E-state index in [-0.39, 0.29) is 6.42 Å². The second kappa shape index (κ2) is 5.34. The molecule has 1 heterocycles. The van der Waals surface area contributed by atoms with Gasteiger partial charge in [-0.1, -0.05) is 6.07 Å². The number of pyridine rings is 1. The van der Waals surface area contributed by atoms with Crippen LogP contribution in [0, 0.1) is 0 Å². The number of carbonyl (C=O) groups is 1. The maximum Gasteiger partial charge on any atom is 0.304 e. The number of carboxylic acid groups (broad SMARTS) is 1. The maximum atomic E-state index is 10.3. The average Bonchev–Trinajstić information content (AvgIpc) is 2.16. The molecule has 76 valence electrons. The first-order chi connectivity index (χ1) is 6.68. The first kappa shape index (κ1) is 10.7. The molecule has 0 fully saturated rings. The standard InChI is InChI=1S/C10H14N2O2/c1-12(6-4-10(13)14)8-9-3-2-5-11-7-9/h2-3,5,7H,4,6,8H2,1H3,(H,13,14). The van der Waals surface area contributed by atoms with Crippen LogP contribution in [0.25, 0.3) is 0 Å². The fourth-order valence-electron chi connectivity index (χ4n) is 1.17. The highest BCUT2D eigenvalue weighted by molar-refractivity contribution is 5.66. The lowest BCUT2D eigenvalue weighted by Crippen LogP contribution is -2.21. The lowest BCUT2D eigenvalue weighted by Gasteiger charge is -2.14. The molecule has 1 N–H and O–H groups in total. The summed E-state index contributed by atoms with van der Waals surface area (Å²) in [6.45, 7) is 1.30. The number of rotatable bonds is 5. The van der Waals surface area contributed by atoms with Crippen LogP contribution in [0.4, 0.5) is 0 Å². The lowest BCUT2D eigenvalue weighted by molar-refractivity contribution is -0.137. The molecule has 1 aromatic rings. The van der Waals surface area contributed by atoms with E-state index in [0.717, 1.165) is 12.1 Å². The molecule has 1 aromatic heterocycles. The molecule has 0 saturated heterocycles. The van der Waals surface area contributed by atoms with E-state index in [9.17, 15) is 4.79 Å². The Morgan fingerprint density at radius 1 is 1.64 bits per heavy atom. The molecule has 0 spiro atoms. The molecule has 0 bridgehead atoms. The molecule has 0 atom stereocenters. The average molecular weight is 194 g/mol. The van der Waals surface area contributed by atoms with Gasteiger partial charge >= 0.3 is 5.97 Å². The minimum Gasteiger partial charge on any atom is -0.481 e. The number of hydrogen-bond acceptors (Lipinski definition) is 3. The Kier molecular flexibility index (Phi) is 4.07. The van der Waals surface area contributed by atoms with Gasteiger partial charge in [0, 0.05) is 25.5 Å². The summed E-state index contributed by atoms with van der Waals surface area (Å²) in [7, 11) is 1.90. The van der Waals surface area contributed by atoms with Crippen LogP contribution in [0.3, 0.4) is 0 Å². The van der Waals surface area contributed by atoms with Crippen molar-refractivity contribution in [1.82, 2.24) is 9.88 Å². The van der Waals surface area contributed by atoms with Gasteiger partial charge in [-0.2, -0.15) is 0 Å². The van der Waals surface area contributed by atoms with Crippen LogP contribution in [0.15, 0.2) is 24.5 Å². The van der Waals surface area contributed by atoms with Gasteiger partial charge < -0.3 is 10.0 Å².